The summed E-state index contributed by atoms with van der Waals surface area (Å²) in [5.41, 5.74) is 15.1. The quantitative estimate of drug-likeness (QED) is 0.0827. The van der Waals surface area contributed by atoms with E-state index in [1.807, 2.05) is 64.2 Å². The number of hydrogen-bond acceptors (Lipinski definition) is 0. The molecule has 20 radical (unpaired) electrons. The van der Waals surface area contributed by atoms with Crippen molar-refractivity contribution in [2.45, 2.75) is 0 Å². The van der Waals surface area contributed by atoms with Crippen LogP contribution in [0.15, 0.2) is 109 Å². The van der Waals surface area contributed by atoms with E-state index in [-0.39, 0.29) is 34.1 Å². The summed E-state index contributed by atoms with van der Waals surface area (Å²) < 4.78 is 118. The van der Waals surface area contributed by atoms with Gasteiger partial charge in [0.2, 0.25) is 0 Å². The standard InChI is InChI=1S/C42H28.2C5H5.2F6P.2Fe/c1-4-14-29-24-26-37(33(29)20-6-1)41(31-16-10-11-17-31)39-28-40(36-23-9-3-8-22-35(36)39)42(32-18-12-13-19-32)38-27-25-30-15-5-2-7-21-34(30)38;2*1-2-4-5-3-1;2*1-7(2,3,4,5)6;;/h1-28H;2*1-5H;;;;/q+2;;;2*-1;2*+2/b41-37-,42-38-;;;;;;. The van der Waals surface area contributed by atoms with E-state index in [0.29, 0.717) is 0 Å². The van der Waals surface area contributed by atoms with Gasteiger partial charge in [-0.1, -0.05) is 30.3 Å². The van der Waals surface area contributed by atoms with Crippen LogP contribution in [-0.2, 0) is 34.1 Å². The molecule has 4 fully saturated rings. The minimum atomic E-state index is -10.7. The fourth-order valence-corrected chi connectivity index (χ4v) is 7.23. The summed E-state index contributed by atoms with van der Waals surface area (Å²) in [6.07, 6.45) is 46.6. The third kappa shape index (κ3) is 19.6. The summed E-state index contributed by atoms with van der Waals surface area (Å²) in [6, 6.07) is 35.1. The van der Waals surface area contributed by atoms with Crippen molar-refractivity contribution in [3.8, 4) is 11.1 Å². The molecule has 0 aliphatic heterocycles. The maximum atomic E-state index is 9.87. The average Bonchev–Trinajstić information content (AvgIpc) is 4.06. The summed E-state index contributed by atoms with van der Waals surface area (Å²) in [7, 11) is -21.3. The number of hydrogen-bond donors (Lipinski definition) is 0. The zero-order chi connectivity index (χ0) is 47.8. The van der Waals surface area contributed by atoms with Crippen molar-refractivity contribution in [2.24, 2.45) is 0 Å². The Kier molecular flexibility index (Phi) is 18.7. The van der Waals surface area contributed by atoms with Crippen LogP contribution in [-0.4, -0.2) is 0 Å². The minimum absolute atomic E-state index is 0. The molecule has 0 spiro atoms. The van der Waals surface area contributed by atoms with Crippen molar-refractivity contribution >= 4 is 50.1 Å². The summed E-state index contributed by atoms with van der Waals surface area (Å²) in [5, 5.41) is 0. The van der Waals surface area contributed by atoms with E-state index in [1.54, 1.807) is 0 Å². The van der Waals surface area contributed by atoms with E-state index in [4.69, 9.17) is 0 Å². The first-order valence-corrected chi connectivity index (χ1v) is 24.0. The van der Waals surface area contributed by atoms with Crippen LogP contribution in [0.5, 0.6) is 0 Å². The van der Waals surface area contributed by atoms with Crippen LogP contribution >= 0.6 is 15.6 Å². The Morgan fingerprint density at radius 2 is 0.618 bits per heavy atom. The van der Waals surface area contributed by atoms with Gasteiger partial charge in [0, 0.05) is 70.5 Å². The predicted octanol–water partition coefficient (Wildman–Crippen LogP) is 18.8. The molecule has 68 heavy (non-hydrogen) atoms. The zero-order valence-corrected chi connectivity index (χ0v) is 39.1. The van der Waals surface area contributed by atoms with E-state index >= 15 is 0 Å². The molecule has 0 unspecified atom stereocenters. The predicted molar refractivity (Wildman–Crippen MR) is 247 cm³/mol. The van der Waals surface area contributed by atoms with E-state index in [0.717, 1.165) is 0 Å². The number of rotatable bonds is 4. The monoisotopic (exact) mass is 1060 g/mol. The van der Waals surface area contributed by atoms with Crippen molar-refractivity contribution in [1.82, 2.24) is 0 Å². The first kappa shape index (κ1) is 57.5. The molecule has 0 atom stereocenters. The fourth-order valence-electron chi connectivity index (χ4n) is 7.23. The molecule has 352 valence electrons. The number of halogens is 12. The van der Waals surface area contributed by atoms with Crippen LogP contribution in [0, 0.1) is 127 Å². The molecule has 10 rings (SSSR count). The minimum Gasteiger partial charge on any atom is -0.0622 e. The largest absolute Gasteiger partial charge is 2.00 e. The number of fused-ring (bicyclic) bond motifs is 3. The maximum absolute atomic E-state index is 10.7. The van der Waals surface area contributed by atoms with Crippen molar-refractivity contribution in [3.05, 3.63) is 270 Å². The Labute approximate surface area is 413 Å². The van der Waals surface area contributed by atoms with Gasteiger partial charge in [0.15, 0.2) is 0 Å². The van der Waals surface area contributed by atoms with Gasteiger partial charge in [-0.15, -0.1) is 0 Å². The molecule has 0 saturated heterocycles. The normalized spacial score (nSPS) is 20.8. The van der Waals surface area contributed by atoms with E-state index in [9.17, 15) is 50.4 Å². The smallest absolute Gasteiger partial charge is 0.0622 e. The molecular formula is C52H38F12Fe2P2+4. The van der Waals surface area contributed by atoms with Gasteiger partial charge in [-0.2, -0.15) is 0 Å². The van der Waals surface area contributed by atoms with E-state index < -0.39 is 15.6 Å². The summed E-state index contributed by atoms with van der Waals surface area (Å²) >= 11 is 0. The third-order valence-electron chi connectivity index (χ3n) is 9.58. The van der Waals surface area contributed by atoms with Crippen LogP contribution in [0.25, 0.3) is 45.6 Å². The van der Waals surface area contributed by atoms with Crippen molar-refractivity contribution in [2.75, 3.05) is 0 Å². The first-order chi connectivity index (χ1) is 30.8. The Morgan fingerprint density at radius 3 is 0.926 bits per heavy atom. The van der Waals surface area contributed by atoms with Gasteiger partial charge in [0.05, 0.1) is 33.4 Å². The summed E-state index contributed by atoms with van der Waals surface area (Å²) in [4.78, 5) is 0. The molecule has 4 saturated carbocycles. The fraction of sp³-hybridized carbons (Fsp3) is 0. The Bertz CT molecular complexity index is 2230. The Morgan fingerprint density at radius 1 is 0.338 bits per heavy atom. The molecule has 16 heteroatoms. The molecule has 0 nitrogen and oxygen atoms in total. The Hall–Kier alpha value is -3.10. The van der Waals surface area contributed by atoms with Gasteiger partial charge in [0.1, 0.15) is 0 Å². The van der Waals surface area contributed by atoms with Crippen LogP contribution in [0.3, 0.4) is 0 Å². The molecule has 8 aliphatic carbocycles. The van der Waals surface area contributed by atoms with Crippen molar-refractivity contribution in [3.63, 3.8) is 0 Å². The molecule has 0 aromatic heterocycles. The van der Waals surface area contributed by atoms with Crippen molar-refractivity contribution in [1.29, 1.82) is 0 Å². The van der Waals surface area contributed by atoms with Crippen molar-refractivity contribution < 1.29 is 84.5 Å². The molecule has 0 bridgehead atoms. The Balaban J connectivity index is 0.000000318. The van der Waals surface area contributed by atoms with Crippen LogP contribution in [0.2, 0.25) is 0 Å². The van der Waals surface area contributed by atoms with Gasteiger partial charge in [-0.25, -0.2) is 0 Å². The second kappa shape index (κ2) is 22.1. The van der Waals surface area contributed by atoms with Gasteiger partial charge in [0.25, 0.3) is 0 Å². The van der Waals surface area contributed by atoms with E-state index in [1.165, 1.54) is 78.6 Å². The summed E-state index contributed by atoms with van der Waals surface area (Å²) in [6.45, 7) is 0. The molecule has 0 heterocycles. The molecular weight excluding hydrogens is 1030 g/mol. The molecule has 8 aliphatic rings. The first-order valence-electron chi connectivity index (χ1n) is 19.9. The van der Waals surface area contributed by atoms with Crippen LogP contribution < -0.4 is 0 Å². The van der Waals surface area contributed by atoms with E-state index in [2.05, 4.69) is 173 Å². The van der Waals surface area contributed by atoms with Crippen LogP contribution in [0.4, 0.5) is 50.4 Å². The molecule has 0 amide bonds. The zero-order valence-electron chi connectivity index (χ0n) is 35.1. The van der Waals surface area contributed by atoms with Crippen LogP contribution in [0.1, 0.15) is 33.4 Å². The SMILES string of the molecule is F[P-](F)(F)(F)(F)F.F[P-](F)(F)(F)(F)F.[CH]1[CH][CH][CH][CH]1.[CH]1[CH][CH][CH][CH]1.[CH]1[CH][CH][C](/C(=C2\C=Cc3ccccc[c+]32)c2cc(/C([C]3[CH][CH][CH][CH]3)=C3/C=Cc4ccccc[c+]43)c3cccccc2-3)[CH]1.[Fe+2].[Fe+2]. The molecule has 2 aromatic carbocycles. The topological polar surface area (TPSA) is 0 Å². The van der Waals surface area contributed by atoms with Gasteiger partial charge in [-0.3, -0.25) is 0 Å². The van der Waals surface area contributed by atoms with Gasteiger partial charge < -0.3 is 0 Å². The maximum Gasteiger partial charge on any atom is 2.00 e. The second-order valence-electron chi connectivity index (χ2n) is 14.7. The molecule has 0 N–H and O–H groups in total. The average molecular weight is 1060 g/mol. The summed E-state index contributed by atoms with van der Waals surface area (Å²) in [5.74, 6) is 2.47. The third-order valence-corrected chi connectivity index (χ3v) is 9.58. The van der Waals surface area contributed by atoms with Gasteiger partial charge in [-0.05, 0) is 181 Å². The van der Waals surface area contributed by atoms with Gasteiger partial charge >= 0.3 is 100 Å². The number of allylic oxidation sites excluding steroid dienone is 6. The second-order valence-corrected chi connectivity index (χ2v) is 18.5. The molecule has 2 aromatic rings.